The number of carbonyl (C=O) groups is 1. The summed E-state index contributed by atoms with van der Waals surface area (Å²) in [6.45, 7) is 1.02. The van der Waals surface area contributed by atoms with E-state index in [0.29, 0.717) is 48.6 Å². The summed E-state index contributed by atoms with van der Waals surface area (Å²) in [7, 11) is 1.92. The lowest BCUT2D eigenvalue weighted by Gasteiger charge is -2.40. The van der Waals surface area contributed by atoms with Crippen LogP contribution in [0, 0.1) is 11.7 Å². The fraction of sp³-hybridized carbons (Fsp3) is 0.464. The summed E-state index contributed by atoms with van der Waals surface area (Å²) in [5, 5.41) is 20.2. The summed E-state index contributed by atoms with van der Waals surface area (Å²) in [5.41, 5.74) is 0.801. The third-order valence-electron chi connectivity index (χ3n) is 8.37. The van der Waals surface area contributed by atoms with Crippen molar-refractivity contribution in [3.63, 3.8) is 0 Å². The number of carbonyl (C=O) groups excluding carboxylic acids is 1. The van der Waals surface area contributed by atoms with Crippen molar-refractivity contribution in [2.24, 2.45) is 13.0 Å². The van der Waals surface area contributed by atoms with Crippen molar-refractivity contribution in [1.82, 2.24) is 34.0 Å². The molecular formula is C28H32FN7O3. The normalized spacial score (nSPS) is 21.4. The molecule has 1 N–H and O–H groups in total. The van der Waals surface area contributed by atoms with Crippen LogP contribution in [0.2, 0.25) is 0 Å². The van der Waals surface area contributed by atoms with Gasteiger partial charge in [0.05, 0.1) is 30.2 Å². The second kappa shape index (κ2) is 10.0. The number of rotatable bonds is 5. The first kappa shape index (κ1) is 25.4. The van der Waals surface area contributed by atoms with Crippen LogP contribution in [-0.4, -0.2) is 63.7 Å². The van der Waals surface area contributed by atoms with Gasteiger partial charge < -0.3 is 10.0 Å². The van der Waals surface area contributed by atoms with E-state index < -0.39 is 5.60 Å². The minimum atomic E-state index is -1.11. The maximum Gasteiger partial charge on any atom is 0.264 e. The van der Waals surface area contributed by atoms with Crippen molar-refractivity contribution in [1.29, 1.82) is 0 Å². The van der Waals surface area contributed by atoms with Crippen molar-refractivity contribution in [3.8, 4) is 5.69 Å². The number of piperidine rings is 1. The molecule has 1 aliphatic carbocycles. The molecule has 1 saturated heterocycles. The molecule has 204 valence electrons. The van der Waals surface area contributed by atoms with E-state index in [0.717, 1.165) is 25.7 Å². The second-order valence-corrected chi connectivity index (χ2v) is 11.0. The summed E-state index contributed by atoms with van der Waals surface area (Å²) in [4.78, 5) is 32.7. The van der Waals surface area contributed by atoms with Crippen LogP contribution in [-0.2, 0) is 18.4 Å². The molecule has 3 aromatic heterocycles. The molecule has 0 atom stereocenters. The fourth-order valence-corrected chi connectivity index (χ4v) is 6.03. The molecule has 1 aliphatic heterocycles. The minimum Gasteiger partial charge on any atom is -0.388 e. The van der Waals surface area contributed by atoms with Crippen LogP contribution in [0.3, 0.4) is 0 Å². The summed E-state index contributed by atoms with van der Waals surface area (Å²) in [6, 6.07) is 5.78. The number of aromatic nitrogens is 6. The number of aryl methyl sites for hydroxylation is 1. The molecule has 39 heavy (non-hydrogen) atoms. The van der Waals surface area contributed by atoms with E-state index >= 15 is 0 Å². The van der Waals surface area contributed by atoms with E-state index in [-0.39, 0.29) is 29.7 Å². The number of hydrogen-bond acceptors (Lipinski definition) is 6. The first-order valence-corrected chi connectivity index (χ1v) is 13.5. The van der Waals surface area contributed by atoms with Gasteiger partial charge in [0.1, 0.15) is 17.5 Å². The molecule has 0 unspecified atom stereocenters. The number of nitrogens with zero attached hydrogens (tertiary/aromatic N) is 7. The van der Waals surface area contributed by atoms with Crippen LogP contribution in [0.15, 0.2) is 54.0 Å². The molecule has 10 nitrogen and oxygen atoms in total. The number of likely N-dealkylation sites (tertiary alicyclic amines) is 1. The lowest BCUT2D eigenvalue weighted by Crippen LogP contribution is -2.51. The topological polar surface area (TPSA) is 111 Å². The van der Waals surface area contributed by atoms with Gasteiger partial charge in [-0.05, 0) is 74.3 Å². The van der Waals surface area contributed by atoms with Gasteiger partial charge in [0.15, 0.2) is 5.65 Å². The molecule has 1 amide bonds. The van der Waals surface area contributed by atoms with E-state index in [1.54, 1.807) is 12.1 Å². The van der Waals surface area contributed by atoms with Gasteiger partial charge in [0.2, 0.25) is 5.91 Å². The summed E-state index contributed by atoms with van der Waals surface area (Å²) in [5.74, 6) is 0.298. The maximum absolute atomic E-state index is 13.3. The smallest absolute Gasteiger partial charge is 0.264 e. The van der Waals surface area contributed by atoms with Crippen LogP contribution >= 0.6 is 0 Å². The quantitative estimate of drug-likeness (QED) is 0.422. The Hall–Kier alpha value is -3.86. The predicted molar refractivity (Wildman–Crippen MR) is 142 cm³/mol. The molecule has 1 aromatic carbocycles. The molecule has 4 heterocycles. The van der Waals surface area contributed by atoms with Crippen molar-refractivity contribution in [2.45, 2.75) is 56.6 Å². The zero-order valence-corrected chi connectivity index (χ0v) is 21.9. The number of amides is 1. The van der Waals surface area contributed by atoms with E-state index in [1.807, 2.05) is 22.8 Å². The maximum atomic E-state index is 13.3. The van der Waals surface area contributed by atoms with Crippen molar-refractivity contribution in [2.75, 3.05) is 13.1 Å². The average molecular weight is 534 g/mol. The summed E-state index contributed by atoms with van der Waals surface area (Å²) in [6.07, 6.45) is 11.3. The van der Waals surface area contributed by atoms with Crippen molar-refractivity contribution in [3.05, 3.63) is 70.9 Å². The van der Waals surface area contributed by atoms with Gasteiger partial charge in [0, 0.05) is 32.3 Å². The van der Waals surface area contributed by atoms with Crippen LogP contribution in [0.25, 0.3) is 16.7 Å². The van der Waals surface area contributed by atoms with E-state index in [4.69, 9.17) is 0 Å². The SMILES string of the molecule is Cn1cc(C2CCC(C(=O)N3CCC(O)(Cn4cnc5c(cnn5-c5ccc(F)cc5)c4=O)CC3)CC2)cn1. The Morgan fingerprint density at radius 2 is 1.79 bits per heavy atom. The number of halogens is 1. The zero-order valence-electron chi connectivity index (χ0n) is 21.9. The van der Waals surface area contributed by atoms with Gasteiger partial charge in [-0.3, -0.25) is 18.8 Å². The standard InChI is InChI=1S/C28H32FN7O3/c1-33-16-21(14-31-33)19-2-4-20(5-3-19)26(37)34-12-10-28(39,11-13-34)17-35-18-30-25-24(27(35)38)15-32-36(25)23-8-6-22(29)7-9-23/h6-9,14-16,18-20,39H,2-5,10-13,17H2,1H3. The van der Waals surface area contributed by atoms with Crippen molar-refractivity contribution >= 4 is 16.9 Å². The molecule has 0 bridgehead atoms. The third-order valence-corrected chi connectivity index (χ3v) is 8.37. The van der Waals surface area contributed by atoms with Crippen LogP contribution in [0.5, 0.6) is 0 Å². The Kier molecular flexibility index (Phi) is 6.54. The molecular weight excluding hydrogens is 501 g/mol. The summed E-state index contributed by atoms with van der Waals surface area (Å²) < 4.78 is 18.0. The Labute approximate surface area is 224 Å². The number of fused-ring (bicyclic) bond motifs is 1. The Bertz CT molecular complexity index is 1540. The molecule has 2 fully saturated rings. The Morgan fingerprint density at radius 3 is 2.46 bits per heavy atom. The van der Waals surface area contributed by atoms with E-state index in [1.165, 1.54) is 39.5 Å². The average Bonchev–Trinajstić information content (AvgIpc) is 3.58. The van der Waals surface area contributed by atoms with Gasteiger partial charge in [0.25, 0.3) is 5.56 Å². The van der Waals surface area contributed by atoms with Crippen LogP contribution in [0.1, 0.15) is 50.0 Å². The highest BCUT2D eigenvalue weighted by Gasteiger charge is 2.37. The third kappa shape index (κ3) is 4.98. The highest BCUT2D eigenvalue weighted by atomic mass is 19.1. The molecule has 0 radical (unpaired) electrons. The number of benzene rings is 1. The zero-order chi connectivity index (χ0) is 27.1. The van der Waals surface area contributed by atoms with Crippen molar-refractivity contribution < 1.29 is 14.3 Å². The molecule has 11 heteroatoms. The lowest BCUT2D eigenvalue weighted by molar-refractivity contribution is -0.141. The van der Waals surface area contributed by atoms with Crippen LogP contribution in [0.4, 0.5) is 4.39 Å². The Balaban J connectivity index is 1.08. The summed E-state index contributed by atoms with van der Waals surface area (Å²) >= 11 is 0. The monoisotopic (exact) mass is 533 g/mol. The Morgan fingerprint density at radius 1 is 1.08 bits per heavy atom. The highest BCUT2D eigenvalue weighted by Crippen LogP contribution is 2.37. The fourth-order valence-electron chi connectivity index (χ4n) is 6.03. The van der Waals surface area contributed by atoms with E-state index in [9.17, 15) is 19.1 Å². The molecule has 1 saturated carbocycles. The van der Waals surface area contributed by atoms with Gasteiger partial charge in [-0.2, -0.15) is 10.2 Å². The molecule has 0 spiro atoms. The second-order valence-electron chi connectivity index (χ2n) is 11.0. The largest absolute Gasteiger partial charge is 0.388 e. The minimum absolute atomic E-state index is 0.0241. The highest BCUT2D eigenvalue weighted by molar-refractivity contribution is 5.79. The predicted octanol–water partition coefficient (Wildman–Crippen LogP) is 2.78. The van der Waals surface area contributed by atoms with Gasteiger partial charge in [-0.15, -0.1) is 0 Å². The van der Waals surface area contributed by atoms with E-state index in [2.05, 4.69) is 21.4 Å². The first-order valence-electron chi connectivity index (χ1n) is 13.5. The number of hydrogen-bond donors (Lipinski definition) is 1. The molecule has 2 aliphatic rings. The van der Waals surface area contributed by atoms with Gasteiger partial charge in [-0.1, -0.05) is 0 Å². The van der Waals surface area contributed by atoms with Crippen LogP contribution < -0.4 is 5.56 Å². The first-order chi connectivity index (χ1) is 18.8. The number of aliphatic hydroxyl groups is 1. The lowest BCUT2D eigenvalue weighted by atomic mass is 9.78. The molecule has 4 aromatic rings. The molecule has 6 rings (SSSR count). The van der Waals surface area contributed by atoms with Gasteiger partial charge in [-0.25, -0.2) is 14.1 Å². The van der Waals surface area contributed by atoms with Gasteiger partial charge >= 0.3 is 0 Å².